The normalized spacial score (nSPS) is 22.3. The maximum Gasteiger partial charge on any atom is 0.234 e. The molecule has 1 unspecified atom stereocenters. The minimum atomic E-state index is -3.36. The van der Waals surface area contributed by atoms with E-state index in [1.807, 2.05) is 0 Å². The van der Waals surface area contributed by atoms with Crippen LogP contribution in [0.4, 0.5) is 0 Å². The molecule has 1 heterocycles. The monoisotopic (exact) mass is 235 g/mol. The third-order valence-electron chi connectivity index (χ3n) is 2.40. The molecule has 88 valence electrons. The van der Waals surface area contributed by atoms with Crippen molar-refractivity contribution in [2.75, 3.05) is 26.7 Å². The van der Waals surface area contributed by atoms with Crippen LogP contribution < -0.4 is 15.4 Å². The molecule has 7 heteroatoms. The summed E-state index contributed by atoms with van der Waals surface area (Å²) in [6.07, 6.45) is 1.50. The number of sulfonamides is 1. The summed E-state index contributed by atoms with van der Waals surface area (Å²) in [7, 11) is -1.89. The summed E-state index contributed by atoms with van der Waals surface area (Å²) < 4.78 is 25.6. The van der Waals surface area contributed by atoms with Crippen molar-refractivity contribution in [1.82, 2.24) is 15.4 Å². The molecular formula is C8H17N3O3S. The summed E-state index contributed by atoms with van der Waals surface area (Å²) >= 11 is 0. The third-order valence-corrected chi connectivity index (χ3v) is 4.23. The Hall–Kier alpha value is -0.660. The van der Waals surface area contributed by atoms with Gasteiger partial charge in [0.05, 0.1) is 11.8 Å². The summed E-state index contributed by atoms with van der Waals surface area (Å²) in [6, 6.07) is 0. The number of amides is 1. The van der Waals surface area contributed by atoms with Crippen LogP contribution in [0.2, 0.25) is 0 Å². The van der Waals surface area contributed by atoms with Gasteiger partial charge in [-0.2, -0.15) is 0 Å². The first-order chi connectivity index (χ1) is 7.06. The van der Waals surface area contributed by atoms with Crippen LogP contribution >= 0.6 is 0 Å². The molecule has 0 aliphatic carbocycles. The number of hydrogen-bond acceptors (Lipinski definition) is 4. The molecule has 1 saturated heterocycles. The summed E-state index contributed by atoms with van der Waals surface area (Å²) in [5, 5.41) is 4.96. The average Bonchev–Trinajstić information content (AvgIpc) is 2.27. The fourth-order valence-electron chi connectivity index (χ4n) is 1.46. The molecule has 0 aromatic rings. The lowest BCUT2D eigenvalue weighted by Gasteiger charge is -2.22. The highest BCUT2D eigenvalue weighted by molar-refractivity contribution is 7.90. The molecule has 0 spiro atoms. The van der Waals surface area contributed by atoms with E-state index in [4.69, 9.17) is 0 Å². The first kappa shape index (κ1) is 12.4. The van der Waals surface area contributed by atoms with Crippen LogP contribution in [0.15, 0.2) is 0 Å². The first-order valence-corrected chi connectivity index (χ1v) is 6.50. The fourth-order valence-corrected chi connectivity index (χ4v) is 2.84. The molecule has 0 aromatic heterocycles. The lowest BCUT2D eigenvalue weighted by Crippen LogP contribution is -2.46. The molecule has 1 fully saturated rings. The van der Waals surface area contributed by atoms with E-state index >= 15 is 0 Å². The Morgan fingerprint density at radius 3 is 2.80 bits per heavy atom. The quantitative estimate of drug-likeness (QED) is 0.548. The number of carbonyl (C=O) groups is 1. The minimum Gasteiger partial charge on any atom is -0.358 e. The van der Waals surface area contributed by atoms with Gasteiger partial charge in [-0.25, -0.2) is 13.1 Å². The standard InChI is InChI=1S/C8H17N3O3S/c1-9-8(12)6-11-15(13,14)7-3-2-4-10-5-7/h7,10-11H,2-6H2,1H3,(H,9,12). The largest absolute Gasteiger partial charge is 0.358 e. The van der Waals surface area contributed by atoms with Gasteiger partial charge in [0.1, 0.15) is 0 Å². The average molecular weight is 235 g/mol. The predicted molar refractivity (Wildman–Crippen MR) is 56.9 cm³/mol. The lowest BCUT2D eigenvalue weighted by atomic mass is 10.2. The van der Waals surface area contributed by atoms with Gasteiger partial charge in [-0.1, -0.05) is 0 Å². The molecule has 1 amide bonds. The molecule has 0 saturated carbocycles. The highest BCUT2D eigenvalue weighted by atomic mass is 32.2. The summed E-state index contributed by atoms with van der Waals surface area (Å²) in [5.41, 5.74) is 0. The van der Waals surface area contributed by atoms with E-state index in [0.29, 0.717) is 13.0 Å². The van der Waals surface area contributed by atoms with Crippen LogP contribution in [0, 0.1) is 0 Å². The molecule has 1 rings (SSSR count). The van der Waals surface area contributed by atoms with E-state index in [2.05, 4.69) is 15.4 Å². The van der Waals surface area contributed by atoms with Gasteiger partial charge in [0, 0.05) is 13.6 Å². The van der Waals surface area contributed by atoms with Crippen LogP contribution in [0.25, 0.3) is 0 Å². The van der Waals surface area contributed by atoms with Crippen LogP contribution in [-0.4, -0.2) is 46.3 Å². The molecule has 0 aromatic carbocycles. The van der Waals surface area contributed by atoms with Crippen LogP contribution in [0.5, 0.6) is 0 Å². The zero-order valence-electron chi connectivity index (χ0n) is 8.75. The first-order valence-electron chi connectivity index (χ1n) is 4.96. The van der Waals surface area contributed by atoms with Gasteiger partial charge >= 0.3 is 0 Å². The smallest absolute Gasteiger partial charge is 0.234 e. The maximum absolute atomic E-state index is 11.7. The molecule has 6 nitrogen and oxygen atoms in total. The summed E-state index contributed by atoms with van der Waals surface area (Å²) in [5.74, 6) is -0.331. The van der Waals surface area contributed by atoms with Crippen molar-refractivity contribution in [2.45, 2.75) is 18.1 Å². The van der Waals surface area contributed by atoms with E-state index in [1.165, 1.54) is 7.05 Å². The number of hydrogen-bond donors (Lipinski definition) is 3. The Kier molecular flexibility index (Phi) is 4.49. The number of rotatable bonds is 4. The Morgan fingerprint density at radius 2 is 2.27 bits per heavy atom. The van der Waals surface area contributed by atoms with Crippen molar-refractivity contribution >= 4 is 15.9 Å². The number of carbonyl (C=O) groups excluding carboxylic acids is 1. The molecule has 3 N–H and O–H groups in total. The lowest BCUT2D eigenvalue weighted by molar-refractivity contribution is -0.119. The van der Waals surface area contributed by atoms with Crippen molar-refractivity contribution in [3.63, 3.8) is 0 Å². The molecule has 0 radical (unpaired) electrons. The van der Waals surface area contributed by atoms with Gasteiger partial charge in [0.25, 0.3) is 0 Å². The number of nitrogens with one attached hydrogen (secondary N) is 3. The number of likely N-dealkylation sites (N-methyl/N-ethyl adjacent to an activating group) is 1. The van der Waals surface area contributed by atoms with E-state index in [9.17, 15) is 13.2 Å². The van der Waals surface area contributed by atoms with Gasteiger partial charge < -0.3 is 10.6 Å². The molecule has 15 heavy (non-hydrogen) atoms. The Balaban J connectivity index is 2.46. The third kappa shape index (κ3) is 3.77. The molecule has 1 atom stereocenters. The molecule has 1 aliphatic rings. The Labute approximate surface area is 89.9 Å². The predicted octanol–water partition coefficient (Wildman–Crippen LogP) is -1.60. The molecule has 0 bridgehead atoms. The van der Waals surface area contributed by atoms with Gasteiger partial charge in [-0.3, -0.25) is 4.79 Å². The van der Waals surface area contributed by atoms with Crippen molar-refractivity contribution < 1.29 is 13.2 Å². The minimum absolute atomic E-state index is 0.185. The Morgan fingerprint density at radius 1 is 1.53 bits per heavy atom. The molecular weight excluding hydrogens is 218 g/mol. The highest BCUT2D eigenvalue weighted by Crippen LogP contribution is 2.09. The van der Waals surface area contributed by atoms with Crippen molar-refractivity contribution in [3.05, 3.63) is 0 Å². The zero-order valence-corrected chi connectivity index (χ0v) is 9.56. The zero-order chi connectivity index (χ0) is 11.3. The molecule has 1 aliphatic heterocycles. The van der Waals surface area contributed by atoms with Crippen LogP contribution in [-0.2, 0) is 14.8 Å². The maximum atomic E-state index is 11.7. The summed E-state index contributed by atoms with van der Waals surface area (Å²) in [6.45, 7) is 1.14. The van der Waals surface area contributed by atoms with Crippen molar-refractivity contribution in [1.29, 1.82) is 0 Å². The van der Waals surface area contributed by atoms with Gasteiger partial charge in [-0.15, -0.1) is 0 Å². The Bertz CT molecular complexity index is 309. The van der Waals surface area contributed by atoms with Crippen LogP contribution in [0.1, 0.15) is 12.8 Å². The van der Waals surface area contributed by atoms with E-state index < -0.39 is 15.3 Å². The van der Waals surface area contributed by atoms with Gasteiger partial charge in [0.15, 0.2) is 0 Å². The van der Waals surface area contributed by atoms with E-state index in [0.717, 1.165) is 13.0 Å². The second-order valence-electron chi connectivity index (χ2n) is 3.51. The van der Waals surface area contributed by atoms with Crippen LogP contribution in [0.3, 0.4) is 0 Å². The highest BCUT2D eigenvalue weighted by Gasteiger charge is 2.26. The van der Waals surface area contributed by atoms with Gasteiger partial charge in [-0.05, 0) is 19.4 Å². The second-order valence-corrected chi connectivity index (χ2v) is 5.55. The van der Waals surface area contributed by atoms with E-state index in [1.54, 1.807) is 0 Å². The van der Waals surface area contributed by atoms with Crippen molar-refractivity contribution in [2.24, 2.45) is 0 Å². The summed E-state index contributed by atoms with van der Waals surface area (Å²) in [4.78, 5) is 10.9. The number of piperidine rings is 1. The SMILES string of the molecule is CNC(=O)CNS(=O)(=O)C1CCCNC1. The van der Waals surface area contributed by atoms with Gasteiger partial charge in [0.2, 0.25) is 15.9 Å². The second kappa shape index (κ2) is 5.43. The van der Waals surface area contributed by atoms with Crippen molar-refractivity contribution in [3.8, 4) is 0 Å². The fraction of sp³-hybridized carbons (Fsp3) is 0.875. The van der Waals surface area contributed by atoms with E-state index in [-0.39, 0.29) is 12.5 Å². The topological polar surface area (TPSA) is 87.3 Å².